The van der Waals surface area contributed by atoms with E-state index in [1.807, 2.05) is 57.8 Å². The number of nitrogens with one attached hydrogen (secondary N) is 1. The molecule has 0 aliphatic heterocycles. The number of aliphatic hydroxyl groups is 1. The van der Waals surface area contributed by atoms with Gasteiger partial charge in [-0.1, -0.05) is 48.5 Å². The highest BCUT2D eigenvalue weighted by Crippen LogP contribution is 2.39. The lowest BCUT2D eigenvalue weighted by Gasteiger charge is -2.43. The van der Waals surface area contributed by atoms with E-state index in [9.17, 15) is 23.6 Å². The van der Waals surface area contributed by atoms with Gasteiger partial charge >= 0.3 is 0 Å². The number of nitrogens with zero attached hydrogens (tertiary/aromatic N) is 1. The molecule has 0 aliphatic carbocycles. The maximum atomic E-state index is 13.6. The average Bonchev–Trinajstić information content (AvgIpc) is 2.81. The van der Waals surface area contributed by atoms with Crippen molar-refractivity contribution in [2.75, 3.05) is 0 Å². The lowest BCUT2D eigenvalue weighted by atomic mass is 9.75. The summed E-state index contributed by atoms with van der Waals surface area (Å²) in [6.07, 6.45) is -0.733. The molecule has 0 radical (unpaired) electrons. The van der Waals surface area contributed by atoms with Gasteiger partial charge in [0.1, 0.15) is 5.60 Å². The van der Waals surface area contributed by atoms with E-state index in [0.29, 0.717) is 11.1 Å². The molecule has 198 valence electrons. The first-order chi connectivity index (χ1) is 17.2. The fourth-order valence-corrected chi connectivity index (χ4v) is 7.19. The van der Waals surface area contributed by atoms with E-state index in [0.717, 1.165) is 23.3 Å². The summed E-state index contributed by atoms with van der Waals surface area (Å²) in [5.74, 6) is 0. The monoisotopic (exact) mass is 542 g/mol. The van der Waals surface area contributed by atoms with Crippen LogP contribution < -0.4 is 4.72 Å². The quantitative estimate of drug-likeness (QED) is 0.211. The van der Waals surface area contributed by atoms with Gasteiger partial charge in [-0.25, -0.2) is 13.1 Å². The van der Waals surface area contributed by atoms with E-state index in [1.54, 1.807) is 31.2 Å². The van der Waals surface area contributed by atoms with Crippen molar-refractivity contribution in [3.8, 4) is 0 Å². The van der Waals surface area contributed by atoms with E-state index in [-0.39, 0.29) is 10.6 Å². The summed E-state index contributed by atoms with van der Waals surface area (Å²) < 4.78 is 36.4. The van der Waals surface area contributed by atoms with Gasteiger partial charge in [-0.05, 0) is 74.8 Å². The molecule has 0 amide bonds. The van der Waals surface area contributed by atoms with Crippen LogP contribution in [-0.4, -0.2) is 38.9 Å². The second kappa shape index (κ2) is 10.8. The maximum Gasteiger partial charge on any atom is 0.269 e. The predicted octanol–water partition coefficient (Wildman–Crippen LogP) is 5.03. The Morgan fingerprint density at radius 3 is 1.78 bits per heavy atom. The average molecular weight is 543 g/mol. The van der Waals surface area contributed by atoms with Gasteiger partial charge in [-0.15, -0.1) is 0 Å². The molecule has 0 fully saturated rings. The molecule has 0 saturated carbocycles. The van der Waals surface area contributed by atoms with Crippen molar-refractivity contribution in [2.24, 2.45) is 0 Å². The molecular weight excluding hydrogens is 508 g/mol. The van der Waals surface area contributed by atoms with Gasteiger partial charge in [0.15, 0.2) is 8.32 Å². The molecule has 10 heteroatoms. The molecule has 0 aliphatic rings. The molecule has 3 aromatic carbocycles. The number of rotatable bonds is 10. The van der Waals surface area contributed by atoms with Crippen molar-refractivity contribution in [3.63, 3.8) is 0 Å². The van der Waals surface area contributed by atoms with Gasteiger partial charge in [-0.3, -0.25) is 10.1 Å². The van der Waals surface area contributed by atoms with Crippen molar-refractivity contribution < 1.29 is 22.9 Å². The van der Waals surface area contributed by atoms with Crippen LogP contribution in [0.4, 0.5) is 5.69 Å². The van der Waals surface area contributed by atoms with Crippen LogP contribution in [0.15, 0.2) is 77.7 Å². The zero-order valence-corrected chi connectivity index (χ0v) is 23.7. The van der Waals surface area contributed by atoms with Gasteiger partial charge in [-0.2, -0.15) is 0 Å². The molecule has 0 aromatic heterocycles. The van der Waals surface area contributed by atoms with Crippen molar-refractivity contribution in [2.45, 2.75) is 63.1 Å². The Morgan fingerprint density at radius 2 is 1.38 bits per heavy atom. The topological polar surface area (TPSA) is 119 Å². The molecule has 0 spiro atoms. The summed E-state index contributed by atoms with van der Waals surface area (Å²) in [4.78, 5) is 10.3. The van der Waals surface area contributed by atoms with Crippen LogP contribution in [0.3, 0.4) is 0 Å². The van der Waals surface area contributed by atoms with Crippen molar-refractivity contribution in [1.82, 2.24) is 4.72 Å². The summed E-state index contributed by atoms with van der Waals surface area (Å²) in [5, 5.41) is 23.8. The van der Waals surface area contributed by atoms with Crippen LogP contribution in [-0.2, 0) is 20.1 Å². The summed E-state index contributed by atoms with van der Waals surface area (Å²) >= 11 is 0. The second-order valence-electron chi connectivity index (χ2n) is 10.2. The first-order valence-electron chi connectivity index (χ1n) is 12.0. The van der Waals surface area contributed by atoms with E-state index in [1.165, 1.54) is 12.1 Å². The molecule has 3 aromatic rings. The van der Waals surface area contributed by atoms with Crippen LogP contribution in [0.2, 0.25) is 19.6 Å². The Balaban J connectivity index is 2.25. The minimum atomic E-state index is -4.22. The Kier molecular flexibility index (Phi) is 8.40. The molecule has 0 bridgehead atoms. The number of sulfonamides is 1. The summed E-state index contributed by atoms with van der Waals surface area (Å²) in [6.45, 7) is 11.5. The number of hydrogen-bond donors (Lipinski definition) is 2. The summed E-state index contributed by atoms with van der Waals surface area (Å²) in [5.41, 5.74) is 0.644. The third-order valence-corrected chi connectivity index (χ3v) is 8.75. The van der Waals surface area contributed by atoms with Gasteiger partial charge < -0.3 is 9.53 Å². The van der Waals surface area contributed by atoms with Crippen LogP contribution in [0.5, 0.6) is 0 Å². The molecule has 2 N–H and O–H groups in total. The molecule has 8 nitrogen and oxygen atoms in total. The molecule has 2 unspecified atom stereocenters. The fraction of sp³-hybridized carbons (Fsp3) is 0.333. The van der Waals surface area contributed by atoms with Gasteiger partial charge in [0.25, 0.3) is 5.69 Å². The number of nitro benzene ring substituents is 1. The van der Waals surface area contributed by atoms with Gasteiger partial charge in [0.2, 0.25) is 10.0 Å². The number of hydrogen-bond acceptors (Lipinski definition) is 6. The molecule has 3 rings (SSSR count). The number of non-ortho nitro benzene ring substituents is 1. The highest BCUT2D eigenvalue weighted by atomic mass is 32.2. The Labute approximate surface area is 219 Å². The molecular formula is C27H34N2O6SSi. The number of aryl methyl sites for hydroxylation is 2. The van der Waals surface area contributed by atoms with Crippen LogP contribution in [0.1, 0.15) is 29.2 Å². The van der Waals surface area contributed by atoms with Crippen molar-refractivity contribution in [3.05, 3.63) is 105 Å². The van der Waals surface area contributed by atoms with E-state index < -0.39 is 41.0 Å². The smallest absolute Gasteiger partial charge is 0.269 e. The van der Waals surface area contributed by atoms with E-state index in [2.05, 4.69) is 4.72 Å². The lowest BCUT2D eigenvalue weighted by molar-refractivity contribution is -0.384. The van der Waals surface area contributed by atoms with Crippen molar-refractivity contribution in [1.29, 1.82) is 0 Å². The Bertz CT molecular complexity index is 1320. The third-order valence-electron chi connectivity index (χ3n) is 6.21. The predicted molar refractivity (Wildman–Crippen MR) is 146 cm³/mol. The minimum absolute atomic E-state index is 0.153. The first-order valence-corrected chi connectivity index (χ1v) is 16.8. The summed E-state index contributed by atoms with van der Waals surface area (Å²) in [6, 6.07) is 18.1. The minimum Gasteiger partial charge on any atom is -0.413 e. The first kappa shape index (κ1) is 28.7. The van der Waals surface area contributed by atoms with Crippen LogP contribution in [0, 0.1) is 24.0 Å². The van der Waals surface area contributed by atoms with E-state index >= 15 is 0 Å². The zero-order valence-electron chi connectivity index (χ0n) is 21.9. The van der Waals surface area contributed by atoms with Crippen LogP contribution >= 0.6 is 0 Å². The molecule has 37 heavy (non-hydrogen) atoms. The van der Waals surface area contributed by atoms with Gasteiger partial charge in [0.05, 0.1) is 22.0 Å². The maximum absolute atomic E-state index is 13.6. The highest BCUT2D eigenvalue weighted by molar-refractivity contribution is 7.89. The largest absolute Gasteiger partial charge is 0.413 e. The highest BCUT2D eigenvalue weighted by Gasteiger charge is 2.48. The standard InChI is InChI=1S/C27H34N2O6SSi/c1-19-11-7-9-13-24(19)27(30,25-14-10-8-12-20(25)2)26(21(3)35-37(4,5)6)28-36(33,34)23-17-15-22(16-18-23)29(31)32/h7-18,21,26,28,30H,1-6H3. The molecule has 0 heterocycles. The van der Waals surface area contributed by atoms with Crippen LogP contribution in [0.25, 0.3) is 0 Å². The number of nitro groups is 1. The van der Waals surface area contributed by atoms with Gasteiger partial charge in [0, 0.05) is 12.1 Å². The van der Waals surface area contributed by atoms with E-state index in [4.69, 9.17) is 4.43 Å². The normalized spacial score (nSPS) is 14.2. The number of benzene rings is 3. The third kappa shape index (κ3) is 6.34. The zero-order chi connectivity index (χ0) is 27.6. The lowest BCUT2D eigenvalue weighted by Crippen LogP contribution is -2.59. The Morgan fingerprint density at radius 1 is 0.919 bits per heavy atom. The molecule has 2 atom stereocenters. The fourth-order valence-electron chi connectivity index (χ4n) is 4.61. The summed E-state index contributed by atoms with van der Waals surface area (Å²) in [7, 11) is -6.41. The van der Waals surface area contributed by atoms with Crippen molar-refractivity contribution >= 4 is 24.0 Å². The Hall–Kier alpha value is -2.89. The molecule has 0 saturated heterocycles. The second-order valence-corrected chi connectivity index (χ2v) is 16.4. The SMILES string of the molecule is Cc1ccccc1C(O)(c1ccccc1C)C(NS(=O)(=O)c1ccc([N+](=O)[O-])cc1)C(C)O[Si](C)(C)C.